The van der Waals surface area contributed by atoms with Crippen LogP contribution >= 0.6 is 0 Å². The van der Waals surface area contributed by atoms with Crippen LogP contribution in [-0.2, 0) is 11.3 Å². The third-order valence-corrected chi connectivity index (χ3v) is 3.42. The molecule has 122 valence electrons. The summed E-state index contributed by atoms with van der Waals surface area (Å²) in [6, 6.07) is 13.8. The maximum absolute atomic E-state index is 11.8. The van der Waals surface area contributed by atoms with Crippen LogP contribution in [0.2, 0.25) is 0 Å². The molecule has 7 heteroatoms. The van der Waals surface area contributed by atoms with Crippen LogP contribution in [0.25, 0.3) is 11.1 Å². The van der Waals surface area contributed by atoms with Gasteiger partial charge in [0.25, 0.3) is 5.91 Å². The van der Waals surface area contributed by atoms with Crippen LogP contribution in [0, 0.1) is 0 Å². The normalized spacial score (nSPS) is 10.5. The van der Waals surface area contributed by atoms with Gasteiger partial charge in [-0.15, -0.1) is 0 Å². The fraction of sp³-hybridized carbons (Fsp3) is 0.118. The van der Waals surface area contributed by atoms with Crippen molar-refractivity contribution < 1.29 is 14.0 Å². The first kappa shape index (κ1) is 15.5. The minimum Gasteiger partial charge on any atom is -0.408 e. The van der Waals surface area contributed by atoms with Gasteiger partial charge in [-0.3, -0.25) is 14.6 Å². The van der Waals surface area contributed by atoms with E-state index < -0.39 is 5.76 Å². The molecule has 0 aliphatic rings. The molecule has 24 heavy (non-hydrogen) atoms. The van der Waals surface area contributed by atoms with Crippen LogP contribution in [0.15, 0.2) is 57.7 Å². The Morgan fingerprint density at radius 3 is 2.62 bits per heavy atom. The molecule has 3 rings (SSSR count). The number of carbonyl (C=O) groups is 2. The van der Waals surface area contributed by atoms with Crippen LogP contribution < -0.4 is 16.4 Å². The SMILES string of the molecule is O=C(CNC(=O)c1ccccc1)NCc1ccc2oc(=O)[nH]c2c1. The fourth-order valence-electron chi connectivity index (χ4n) is 2.22. The summed E-state index contributed by atoms with van der Waals surface area (Å²) in [5.74, 6) is -1.13. The number of aromatic amines is 1. The molecular weight excluding hydrogens is 310 g/mol. The van der Waals surface area contributed by atoms with E-state index in [1.807, 2.05) is 6.07 Å². The van der Waals surface area contributed by atoms with Crippen molar-refractivity contribution in [3.8, 4) is 0 Å². The molecule has 2 amide bonds. The maximum Gasteiger partial charge on any atom is 0.417 e. The molecule has 0 saturated heterocycles. The predicted molar refractivity (Wildman–Crippen MR) is 87.5 cm³/mol. The summed E-state index contributed by atoms with van der Waals surface area (Å²) in [7, 11) is 0. The third kappa shape index (κ3) is 3.70. The Morgan fingerprint density at radius 2 is 1.83 bits per heavy atom. The van der Waals surface area contributed by atoms with E-state index in [-0.39, 0.29) is 24.9 Å². The number of carbonyl (C=O) groups excluding carboxylic acids is 2. The van der Waals surface area contributed by atoms with Gasteiger partial charge in [0.15, 0.2) is 5.58 Å². The molecule has 0 aliphatic carbocycles. The third-order valence-electron chi connectivity index (χ3n) is 3.42. The van der Waals surface area contributed by atoms with Crippen molar-refractivity contribution >= 4 is 22.9 Å². The molecule has 0 radical (unpaired) electrons. The highest BCUT2D eigenvalue weighted by Gasteiger charge is 2.08. The van der Waals surface area contributed by atoms with E-state index in [9.17, 15) is 14.4 Å². The lowest BCUT2D eigenvalue weighted by atomic mass is 10.2. The van der Waals surface area contributed by atoms with Crippen LogP contribution in [-0.4, -0.2) is 23.3 Å². The number of amides is 2. The minimum absolute atomic E-state index is 0.113. The van der Waals surface area contributed by atoms with Gasteiger partial charge in [-0.25, -0.2) is 4.79 Å². The zero-order chi connectivity index (χ0) is 16.9. The van der Waals surface area contributed by atoms with Crippen LogP contribution in [0.3, 0.4) is 0 Å². The molecule has 0 fully saturated rings. The highest BCUT2D eigenvalue weighted by atomic mass is 16.4. The number of aromatic nitrogens is 1. The van der Waals surface area contributed by atoms with Crippen LogP contribution in [0.1, 0.15) is 15.9 Å². The van der Waals surface area contributed by atoms with Gasteiger partial charge < -0.3 is 15.1 Å². The molecule has 3 aromatic rings. The Morgan fingerprint density at radius 1 is 1.04 bits per heavy atom. The van der Waals surface area contributed by atoms with Crippen molar-refractivity contribution in [2.75, 3.05) is 6.54 Å². The van der Waals surface area contributed by atoms with Gasteiger partial charge in [-0.05, 0) is 29.8 Å². The van der Waals surface area contributed by atoms with E-state index in [1.54, 1.807) is 42.5 Å². The molecule has 0 spiro atoms. The monoisotopic (exact) mass is 325 g/mol. The van der Waals surface area contributed by atoms with Crippen molar-refractivity contribution in [1.29, 1.82) is 0 Å². The second kappa shape index (κ2) is 6.82. The number of oxazole rings is 1. The van der Waals surface area contributed by atoms with Crippen molar-refractivity contribution in [3.05, 3.63) is 70.2 Å². The molecule has 3 N–H and O–H groups in total. The van der Waals surface area contributed by atoms with E-state index in [0.29, 0.717) is 16.7 Å². The highest BCUT2D eigenvalue weighted by molar-refractivity contribution is 5.96. The van der Waals surface area contributed by atoms with Gasteiger partial charge >= 0.3 is 5.76 Å². The summed E-state index contributed by atoms with van der Waals surface area (Å²) in [6.45, 7) is 0.168. The zero-order valence-electron chi connectivity index (χ0n) is 12.7. The maximum atomic E-state index is 11.8. The Balaban J connectivity index is 1.51. The Kier molecular flexibility index (Phi) is 4.42. The number of benzene rings is 2. The van der Waals surface area contributed by atoms with Gasteiger partial charge in [0.2, 0.25) is 5.91 Å². The van der Waals surface area contributed by atoms with Crippen molar-refractivity contribution in [2.45, 2.75) is 6.54 Å². The second-order valence-electron chi connectivity index (χ2n) is 5.17. The molecule has 0 bridgehead atoms. The Hall–Kier alpha value is -3.35. The lowest BCUT2D eigenvalue weighted by Crippen LogP contribution is -2.36. The van der Waals surface area contributed by atoms with E-state index in [2.05, 4.69) is 15.6 Å². The summed E-state index contributed by atoms with van der Waals surface area (Å²) in [5, 5.41) is 5.26. The first-order chi connectivity index (χ1) is 11.6. The summed E-state index contributed by atoms with van der Waals surface area (Å²) in [5.41, 5.74) is 2.34. The number of rotatable bonds is 5. The lowest BCUT2D eigenvalue weighted by molar-refractivity contribution is -0.120. The first-order valence-electron chi connectivity index (χ1n) is 7.33. The number of hydrogen-bond acceptors (Lipinski definition) is 4. The lowest BCUT2D eigenvalue weighted by Gasteiger charge is -2.07. The molecule has 1 aromatic heterocycles. The molecule has 0 aliphatic heterocycles. The topological polar surface area (TPSA) is 104 Å². The van der Waals surface area contributed by atoms with Gasteiger partial charge in [-0.2, -0.15) is 0 Å². The van der Waals surface area contributed by atoms with Gasteiger partial charge in [-0.1, -0.05) is 24.3 Å². The summed E-state index contributed by atoms with van der Waals surface area (Å²) < 4.78 is 4.91. The Bertz CT molecular complexity index is 928. The van der Waals surface area contributed by atoms with Gasteiger partial charge in [0, 0.05) is 12.1 Å². The van der Waals surface area contributed by atoms with E-state index >= 15 is 0 Å². The van der Waals surface area contributed by atoms with E-state index in [0.717, 1.165) is 5.56 Å². The Labute approximate surface area is 136 Å². The number of fused-ring (bicyclic) bond motifs is 1. The number of H-pyrrole nitrogens is 1. The molecule has 0 unspecified atom stereocenters. The molecule has 0 atom stereocenters. The summed E-state index contributed by atoms with van der Waals surface area (Å²) >= 11 is 0. The van der Waals surface area contributed by atoms with Gasteiger partial charge in [0.05, 0.1) is 12.1 Å². The van der Waals surface area contributed by atoms with Crippen LogP contribution in [0.4, 0.5) is 0 Å². The number of nitrogens with one attached hydrogen (secondary N) is 3. The van der Waals surface area contributed by atoms with E-state index in [1.165, 1.54) is 0 Å². The first-order valence-corrected chi connectivity index (χ1v) is 7.33. The van der Waals surface area contributed by atoms with Crippen LogP contribution in [0.5, 0.6) is 0 Å². The largest absolute Gasteiger partial charge is 0.417 e. The van der Waals surface area contributed by atoms with Crippen molar-refractivity contribution in [1.82, 2.24) is 15.6 Å². The average Bonchev–Trinajstić information content (AvgIpc) is 2.97. The van der Waals surface area contributed by atoms with Gasteiger partial charge in [0.1, 0.15) is 0 Å². The second-order valence-corrected chi connectivity index (χ2v) is 5.17. The molecule has 7 nitrogen and oxygen atoms in total. The fourth-order valence-corrected chi connectivity index (χ4v) is 2.22. The van der Waals surface area contributed by atoms with Crippen molar-refractivity contribution in [3.63, 3.8) is 0 Å². The molecule has 2 aromatic carbocycles. The highest BCUT2D eigenvalue weighted by Crippen LogP contribution is 2.11. The average molecular weight is 325 g/mol. The molecule has 0 saturated carbocycles. The predicted octanol–water partition coefficient (Wildman–Crippen LogP) is 1.17. The standard InChI is InChI=1S/C17H15N3O4/c21-15(10-19-16(22)12-4-2-1-3-5-12)18-9-11-6-7-14-13(8-11)20-17(23)24-14/h1-8H,9-10H2,(H,18,21)(H,19,22)(H,20,23). The summed E-state index contributed by atoms with van der Waals surface area (Å²) in [6.07, 6.45) is 0. The summed E-state index contributed by atoms with van der Waals surface area (Å²) in [4.78, 5) is 37.3. The van der Waals surface area contributed by atoms with E-state index in [4.69, 9.17) is 4.42 Å². The number of hydrogen-bond donors (Lipinski definition) is 3. The quantitative estimate of drug-likeness (QED) is 0.655. The van der Waals surface area contributed by atoms with Crippen molar-refractivity contribution in [2.24, 2.45) is 0 Å². The molecule has 1 heterocycles. The molecular formula is C17H15N3O4. The zero-order valence-corrected chi connectivity index (χ0v) is 12.7. The smallest absolute Gasteiger partial charge is 0.408 e. The minimum atomic E-state index is -0.519.